The summed E-state index contributed by atoms with van der Waals surface area (Å²) < 4.78 is 27.5. The summed E-state index contributed by atoms with van der Waals surface area (Å²) in [6.45, 7) is 4.04. The molecule has 1 heterocycles. The highest BCUT2D eigenvalue weighted by Gasteiger charge is 2.11. The predicted octanol–water partition coefficient (Wildman–Crippen LogP) is 4.17. The van der Waals surface area contributed by atoms with Crippen LogP contribution in [0.1, 0.15) is 31.7 Å². The van der Waals surface area contributed by atoms with E-state index in [1.807, 2.05) is 19.1 Å². The Morgan fingerprint density at radius 3 is 2.75 bits per heavy atom. The Morgan fingerprint density at radius 1 is 1.30 bits per heavy atom. The van der Waals surface area contributed by atoms with Crippen LogP contribution in [-0.4, -0.2) is 19.2 Å². The zero-order chi connectivity index (χ0) is 14.8. The van der Waals surface area contributed by atoms with Crippen molar-refractivity contribution in [3.63, 3.8) is 0 Å². The molecule has 0 aliphatic carbocycles. The van der Waals surface area contributed by atoms with Crippen LogP contribution in [0.15, 0.2) is 22.8 Å². The first-order valence-electron chi connectivity index (χ1n) is 6.71. The summed E-state index contributed by atoms with van der Waals surface area (Å²) in [4.78, 5) is 3.20. The van der Waals surface area contributed by atoms with E-state index in [0.29, 0.717) is 12.1 Å². The maximum atomic E-state index is 12.0. The van der Waals surface area contributed by atoms with Crippen molar-refractivity contribution in [2.24, 2.45) is 0 Å². The Morgan fingerprint density at radius 2 is 2.05 bits per heavy atom. The molecule has 6 heteroatoms. The summed E-state index contributed by atoms with van der Waals surface area (Å²) in [7, 11) is -3.25. The van der Waals surface area contributed by atoms with Gasteiger partial charge >= 0.3 is 0 Å². The number of unbranched alkanes of at least 4 members (excludes halogenated alkanes) is 2. The Kier molecular flexibility index (Phi) is 4.75. The van der Waals surface area contributed by atoms with Crippen molar-refractivity contribution in [3.05, 3.63) is 28.4 Å². The molecule has 0 fully saturated rings. The number of benzene rings is 1. The van der Waals surface area contributed by atoms with Crippen LogP contribution in [-0.2, 0) is 10.0 Å². The molecule has 0 radical (unpaired) electrons. The van der Waals surface area contributed by atoms with Crippen molar-refractivity contribution in [2.75, 3.05) is 10.5 Å². The van der Waals surface area contributed by atoms with Gasteiger partial charge in [0, 0.05) is 16.6 Å². The molecule has 0 spiro atoms. The summed E-state index contributed by atoms with van der Waals surface area (Å²) in [5.41, 5.74) is 2.68. The number of aromatic nitrogens is 1. The van der Waals surface area contributed by atoms with Crippen LogP contribution in [0.5, 0.6) is 0 Å². The van der Waals surface area contributed by atoms with Gasteiger partial charge in [-0.05, 0) is 53.0 Å². The summed E-state index contributed by atoms with van der Waals surface area (Å²) in [6, 6.07) is 5.53. The number of hydrogen-bond donors (Lipinski definition) is 2. The lowest BCUT2D eigenvalue weighted by molar-refractivity contribution is 0.596. The number of nitrogens with one attached hydrogen (secondary N) is 2. The molecule has 0 aliphatic rings. The van der Waals surface area contributed by atoms with Gasteiger partial charge < -0.3 is 4.98 Å². The highest BCUT2D eigenvalue weighted by Crippen LogP contribution is 2.28. The molecule has 0 aliphatic heterocycles. The second kappa shape index (κ2) is 6.18. The minimum Gasteiger partial charge on any atom is -0.349 e. The molecule has 4 nitrogen and oxygen atoms in total. The van der Waals surface area contributed by atoms with Gasteiger partial charge in [-0.2, -0.15) is 0 Å². The minimum atomic E-state index is -3.25. The molecule has 0 amide bonds. The third-order valence-electron chi connectivity index (χ3n) is 3.29. The average Bonchev–Trinajstić information content (AvgIpc) is 2.65. The molecular formula is C14H19BrN2O2S. The zero-order valence-corrected chi connectivity index (χ0v) is 14.1. The third kappa shape index (κ3) is 3.55. The van der Waals surface area contributed by atoms with Crippen LogP contribution in [0.3, 0.4) is 0 Å². The zero-order valence-electron chi connectivity index (χ0n) is 11.7. The number of aromatic amines is 1. The number of H-pyrrole nitrogens is 1. The van der Waals surface area contributed by atoms with Gasteiger partial charge in [-0.3, -0.25) is 4.72 Å². The maximum absolute atomic E-state index is 12.0. The number of fused-ring (bicyclic) bond motifs is 1. The largest absolute Gasteiger partial charge is 0.349 e. The number of rotatable bonds is 6. The van der Waals surface area contributed by atoms with Crippen molar-refractivity contribution in [3.8, 4) is 0 Å². The molecule has 1 aromatic heterocycles. The molecule has 0 atom stereocenters. The van der Waals surface area contributed by atoms with Crippen LogP contribution in [0, 0.1) is 6.92 Å². The van der Waals surface area contributed by atoms with E-state index in [2.05, 4.69) is 32.6 Å². The predicted molar refractivity (Wildman–Crippen MR) is 87.7 cm³/mol. The summed E-state index contributed by atoms with van der Waals surface area (Å²) in [6.07, 6.45) is 2.64. The van der Waals surface area contributed by atoms with Crippen LogP contribution in [0.4, 0.5) is 5.69 Å². The van der Waals surface area contributed by atoms with Gasteiger partial charge in [-0.15, -0.1) is 0 Å². The van der Waals surface area contributed by atoms with Crippen molar-refractivity contribution < 1.29 is 8.42 Å². The van der Waals surface area contributed by atoms with Crippen molar-refractivity contribution in [1.29, 1.82) is 0 Å². The van der Waals surface area contributed by atoms with E-state index >= 15 is 0 Å². The van der Waals surface area contributed by atoms with Crippen LogP contribution in [0.2, 0.25) is 0 Å². The molecule has 0 unspecified atom stereocenters. The standard InChI is InChI=1S/C14H19BrN2O2S/c1-3-4-5-8-20(18,19)17-11-6-7-13-12(9-11)10(2)14(15)16-13/h6-7,9,16-17H,3-5,8H2,1-2H3. The molecule has 0 saturated heterocycles. The minimum absolute atomic E-state index is 0.175. The number of hydrogen-bond acceptors (Lipinski definition) is 2. The van der Waals surface area contributed by atoms with E-state index in [9.17, 15) is 8.42 Å². The fourth-order valence-corrected chi connectivity index (χ4v) is 3.73. The van der Waals surface area contributed by atoms with Gasteiger partial charge in [0.15, 0.2) is 0 Å². The topological polar surface area (TPSA) is 62.0 Å². The van der Waals surface area contributed by atoms with Crippen LogP contribution >= 0.6 is 15.9 Å². The van der Waals surface area contributed by atoms with E-state index in [1.54, 1.807) is 6.07 Å². The number of halogens is 1. The quantitative estimate of drug-likeness (QED) is 0.761. The maximum Gasteiger partial charge on any atom is 0.232 e. The summed E-state index contributed by atoms with van der Waals surface area (Å²) in [5.74, 6) is 0.175. The average molecular weight is 359 g/mol. The van der Waals surface area contributed by atoms with E-state index in [1.165, 1.54) is 0 Å². The Bertz CT molecular complexity index is 707. The number of anilines is 1. The van der Waals surface area contributed by atoms with E-state index in [4.69, 9.17) is 0 Å². The lowest BCUT2D eigenvalue weighted by Gasteiger charge is -2.08. The third-order valence-corrected chi connectivity index (χ3v) is 5.45. The van der Waals surface area contributed by atoms with E-state index < -0.39 is 10.0 Å². The van der Waals surface area contributed by atoms with Gasteiger partial charge in [0.2, 0.25) is 10.0 Å². The highest BCUT2D eigenvalue weighted by molar-refractivity contribution is 9.10. The fraction of sp³-hybridized carbons (Fsp3) is 0.429. The molecule has 2 rings (SSSR count). The molecule has 2 N–H and O–H groups in total. The highest BCUT2D eigenvalue weighted by atomic mass is 79.9. The number of sulfonamides is 1. The monoisotopic (exact) mass is 358 g/mol. The van der Waals surface area contributed by atoms with Gasteiger partial charge in [0.25, 0.3) is 0 Å². The lowest BCUT2D eigenvalue weighted by Crippen LogP contribution is -2.16. The Balaban J connectivity index is 2.19. The molecule has 0 saturated carbocycles. The van der Waals surface area contributed by atoms with E-state index in [0.717, 1.165) is 33.9 Å². The molecule has 20 heavy (non-hydrogen) atoms. The van der Waals surface area contributed by atoms with Gasteiger partial charge in [0.05, 0.1) is 10.4 Å². The molecule has 0 bridgehead atoms. The lowest BCUT2D eigenvalue weighted by atomic mass is 10.2. The molecule has 2 aromatic rings. The van der Waals surface area contributed by atoms with Crippen molar-refractivity contribution in [2.45, 2.75) is 33.1 Å². The first-order chi connectivity index (χ1) is 9.43. The van der Waals surface area contributed by atoms with Crippen molar-refractivity contribution >= 4 is 42.5 Å². The first kappa shape index (κ1) is 15.4. The van der Waals surface area contributed by atoms with E-state index in [-0.39, 0.29) is 5.75 Å². The van der Waals surface area contributed by atoms with Gasteiger partial charge in [0.1, 0.15) is 0 Å². The SMILES string of the molecule is CCCCCS(=O)(=O)Nc1ccc2[nH]c(Br)c(C)c2c1. The van der Waals surface area contributed by atoms with Crippen molar-refractivity contribution in [1.82, 2.24) is 4.98 Å². The smallest absolute Gasteiger partial charge is 0.232 e. The molecule has 110 valence electrons. The summed E-state index contributed by atoms with van der Waals surface area (Å²) >= 11 is 3.44. The Hall–Kier alpha value is -1.01. The number of aryl methyl sites for hydroxylation is 1. The first-order valence-corrected chi connectivity index (χ1v) is 9.16. The molecule has 1 aromatic carbocycles. The second-order valence-corrected chi connectivity index (χ2v) is 7.59. The van der Waals surface area contributed by atoms with Crippen LogP contribution < -0.4 is 4.72 Å². The summed E-state index contributed by atoms with van der Waals surface area (Å²) in [5, 5.41) is 1.02. The second-order valence-electron chi connectivity index (χ2n) is 4.95. The normalized spacial score (nSPS) is 11.9. The Labute approximate surface area is 128 Å². The molecular weight excluding hydrogens is 340 g/mol. The van der Waals surface area contributed by atoms with Gasteiger partial charge in [-0.25, -0.2) is 8.42 Å². The fourth-order valence-electron chi connectivity index (χ4n) is 2.13. The van der Waals surface area contributed by atoms with Gasteiger partial charge in [-0.1, -0.05) is 19.8 Å². The van der Waals surface area contributed by atoms with Crippen LogP contribution in [0.25, 0.3) is 10.9 Å².